The Balaban J connectivity index is 1.52. The number of rotatable bonds is 3. The molecule has 1 aromatic heterocycles. The molecule has 2 aliphatic heterocycles. The monoisotopic (exact) mass is 325 g/mol. The summed E-state index contributed by atoms with van der Waals surface area (Å²) >= 11 is 0. The highest BCUT2D eigenvalue weighted by atomic mass is 16.1. The minimum atomic E-state index is -0.406. The highest BCUT2D eigenvalue weighted by molar-refractivity contribution is 5.93. The minimum absolute atomic E-state index is 0.406. The third kappa shape index (κ3) is 2.95. The van der Waals surface area contributed by atoms with Crippen LogP contribution in [-0.2, 0) is 13.0 Å². The van der Waals surface area contributed by atoms with Gasteiger partial charge >= 0.3 is 0 Å². The van der Waals surface area contributed by atoms with Gasteiger partial charge in [-0.2, -0.15) is 0 Å². The molecule has 0 radical (unpaired) electrons. The van der Waals surface area contributed by atoms with E-state index in [-0.39, 0.29) is 0 Å². The summed E-state index contributed by atoms with van der Waals surface area (Å²) in [7, 11) is 0. The van der Waals surface area contributed by atoms with Crippen molar-refractivity contribution in [2.24, 2.45) is 5.73 Å². The van der Waals surface area contributed by atoms with E-state index >= 15 is 0 Å². The third-order valence-electron chi connectivity index (χ3n) is 5.09. The fraction of sp³-hybridized carbons (Fsp3) is 0.444. The zero-order chi connectivity index (χ0) is 16.5. The van der Waals surface area contributed by atoms with Crippen LogP contribution in [0.3, 0.4) is 0 Å². The van der Waals surface area contributed by atoms with E-state index in [0.717, 1.165) is 44.0 Å². The molecule has 1 saturated heterocycles. The summed E-state index contributed by atoms with van der Waals surface area (Å²) in [6.45, 7) is 4.24. The number of fused-ring (bicyclic) bond motifs is 1. The van der Waals surface area contributed by atoms with E-state index in [0.29, 0.717) is 11.6 Å². The van der Waals surface area contributed by atoms with Crippen LogP contribution in [0.5, 0.6) is 0 Å². The smallest absolute Gasteiger partial charge is 0.248 e. The summed E-state index contributed by atoms with van der Waals surface area (Å²) in [5, 5.41) is 3.50. The van der Waals surface area contributed by atoms with Crippen LogP contribution in [0, 0.1) is 0 Å². The van der Waals surface area contributed by atoms with Crippen LogP contribution in [0.25, 0.3) is 11.4 Å². The van der Waals surface area contributed by atoms with E-state index in [4.69, 9.17) is 10.7 Å². The quantitative estimate of drug-likeness (QED) is 0.793. The number of hydrogen-bond acceptors (Lipinski definition) is 4. The SMILES string of the molecule is NC(=O)c1ccc(-c2nc3c([nH]2)CN([C@@H]2CCCNC2)CC3)cc1. The fourth-order valence-electron chi connectivity index (χ4n) is 3.70. The summed E-state index contributed by atoms with van der Waals surface area (Å²) in [4.78, 5) is 22.0. The number of primary amides is 1. The molecule has 0 bridgehead atoms. The van der Waals surface area contributed by atoms with Gasteiger partial charge in [-0.1, -0.05) is 12.1 Å². The second kappa shape index (κ2) is 6.37. The lowest BCUT2D eigenvalue weighted by Gasteiger charge is -2.36. The molecule has 0 aliphatic carbocycles. The highest BCUT2D eigenvalue weighted by Gasteiger charge is 2.27. The standard InChI is InChI=1S/C18H23N5O/c19-17(24)12-3-5-13(6-4-12)18-21-15-7-9-23(11-16(15)22-18)14-2-1-8-20-10-14/h3-6,14,20H,1-2,7-11H2,(H2,19,24)(H,21,22)/t14-/m1/s1. The van der Waals surface area contributed by atoms with E-state index in [1.165, 1.54) is 24.2 Å². The average Bonchev–Trinajstić information content (AvgIpc) is 3.06. The Morgan fingerprint density at radius 3 is 2.83 bits per heavy atom. The average molecular weight is 325 g/mol. The second-order valence-electron chi connectivity index (χ2n) is 6.67. The largest absolute Gasteiger partial charge is 0.366 e. The molecule has 6 heteroatoms. The summed E-state index contributed by atoms with van der Waals surface area (Å²) in [6.07, 6.45) is 3.52. The lowest BCUT2D eigenvalue weighted by molar-refractivity contribution is 0.100. The van der Waals surface area contributed by atoms with E-state index in [2.05, 4.69) is 15.2 Å². The number of piperidine rings is 1. The van der Waals surface area contributed by atoms with Crippen LogP contribution in [-0.4, -0.2) is 46.5 Å². The Morgan fingerprint density at radius 2 is 2.12 bits per heavy atom. The van der Waals surface area contributed by atoms with E-state index in [1.54, 1.807) is 12.1 Å². The first-order chi connectivity index (χ1) is 11.7. The molecule has 6 nitrogen and oxygen atoms in total. The van der Waals surface area contributed by atoms with Crippen LogP contribution in [0.15, 0.2) is 24.3 Å². The van der Waals surface area contributed by atoms with Gasteiger partial charge in [0.05, 0.1) is 11.4 Å². The first-order valence-corrected chi connectivity index (χ1v) is 8.63. The fourth-order valence-corrected chi connectivity index (χ4v) is 3.70. The number of imidazole rings is 1. The molecule has 3 heterocycles. The number of H-pyrrole nitrogens is 1. The molecule has 2 aromatic rings. The van der Waals surface area contributed by atoms with Crippen LogP contribution < -0.4 is 11.1 Å². The van der Waals surface area contributed by atoms with Crippen LogP contribution in [0.1, 0.15) is 34.6 Å². The summed E-state index contributed by atoms with van der Waals surface area (Å²) < 4.78 is 0. The maximum atomic E-state index is 11.2. The maximum Gasteiger partial charge on any atom is 0.248 e. The molecule has 0 saturated carbocycles. The molecule has 0 spiro atoms. The zero-order valence-corrected chi connectivity index (χ0v) is 13.7. The van der Waals surface area contributed by atoms with Crippen molar-refractivity contribution in [3.05, 3.63) is 41.2 Å². The van der Waals surface area contributed by atoms with Crippen molar-refractivity contribution in [2.45, 2.75) is 31.8 Å². The second-order valence-corrected chi connectivity index (χ2v) is 6.67. The van der Waals surface area contributed by atoms with Gasteiger partial charge in [0.25, 0.3) is 0 Å². The number of aromatic amines is 1. The van der Waals surface area contributed by atoms with E-state index in [9.17, 15) is 4.79 Å². The van der Waals surface area contributed by atoms with Crippen molar-refractivity contribution in [1.29, 1.82) is 0 Å². The number of nitrogens with zero attached hydrogens (tertiary/aromatic N) is 2. The summed E-state index contributed by atoms with van der Waals surface area (Å²) in [5.74, 6) is 0.469. The van der Waals surface area contributed by atoms with Crippen LogP contribution in [0.4, 0.5) is 0 Å². The normalized spacial score (nSPS) is 21.4. The Bertz CT molecular complexity index is 730. The van der Waals surface area contributed by atoms with Gasteiger partial charge < -0.3 is 16.0 Å². The Morgan fingerprint density at radius 1 is 1.29 bits per heavy atom. The topological polar surface area (TPSA) is 87.0 Å². The number of carbonyl (C=O) groups is 1. The molecule has 1 amide bonds. The highest BCUT2D eigenvalue weighted by Crippen LogP contribution is 2.25. The number of amides is 1. The van der Waals surface area contributed by atoms with Gasteiger partial charge in [0, 0.05) is 43.2 Å². The van der Waals surface area contributed by atoms with Crippen LogP contribution >= 0.6 is 0 Å². The molecule has 126 valence electrons. The first-order valence-electron chi connectivity index (χ1n) is 8.63. The van der Waals surface area contributed by atoms with E-state index in [1.807, 2.05) is 12.1 Å². The molecular weight excluding hydrogens is 302 g/mol. The van der Waals surface area contributed by atoms with Gasteiger partial charge in [-0.05, 0) is 31.5 Å². The third-order valence-corrected chi connectivity index (χ3v) is 5.09. The summed E-state index contributed by atoms with van der Waals surface area (Å²) in [5.41, 5.74) is 9.19. The number of nitrogens with one attached hydrogen (secondary N) is 2. The van der Waals surface area contributed by atoms with Crippen molar-refractivity contribution >= 4 is 5.91 Å². The number of hydrogen-bond donors (Lipinski definition) is 3. The van der Waals surface area contributed by atoms with Crippen molar-refractivity contribution < 1.29 is 4.79 Å². The van der Waals surface area contributed by atoms with Gasteiger partial charge in [-0.3, -0.25) is 9.69 Å². The van der Waals surface area contributed by atoms with Gasteiger partial charge in [0.1, 0.15) is 5.82 Å². The molecule has 24 heavy (non-hydrogen) atoms. The Kier molecular flexibility index (Phi) is 4.08. The van der Waals surface area contributed by atoms with Crippen molar-refractivity contribution in [3.8, 4) is 11.4 Å². The lowest BCUT2D eigenvalue weighted by Crippen LogP contribution is -2.47. The molecule has 0 unspecified atom stereocenters. The number of carbonyl (C=O) groups excluding carboxylic acids is 1. The van der Waals surface area contributed by atoms with E-state index < -0.39 is 5.91 Å². The first kappa shape index (κ1) is 15.4. The Hall–Kier alpha value is -2.18. The molecule has 4 rings (SSSR count). The van der Waals surface area contributed by atoms with Gasteiger partial charge in [0.15, 0.2) is 0 Å². The predicted octanol–water partition coefficient (Wildman–Crippen LogP) is 1.29. The van der Waals surface area contributed by atoms with Gasteiger partial charge in [0.2, 0.25) is 5.91 Å². The number of nitrogens with two attached hydrogens (primary N) is 1. The zero-order valence-electron chi connectivity index (χ0n) is 13.7. The summed E-state index contributed by atoms with van der Waals surface area (Å²) in [6, 6.07) is 7.92. The van der Waals surface area contributed by atoms with Crippen LogP contribution in [0.2, 0.25) is 0 Å². The molecule has 2 aliphatic rings. The van der Waals surface area contributed by atoms with Gasteiger partial charge in [-0.25, -0.2) is 4.98 Å². The number of benzene rings is 1. The predicted molar refractivity (Wildman–Crippen MR) is 92.5 cm³/mol. The lowest BCUT2D eigenvalue weighted by atomic mass is 10.0. The molecular formula is C18H23N5O. The minimum Gasteiger partial charge on any atom is -0.366 e. The van der Waals surface area contributed by atoms with Crippen molar-refractivity contribution in [3.63, 3.8) is 0 Å². The Labute approximate surface area is 141 Å². The molecule has 1 fully saturated rings. The van der Waals surface area contributed by atoms with Gasteiger partial charge in [-0.15, -0.1) is 0 Å². The van der Waals surface area contributed by atoms with Crippen molar-refractivity contribution in [2.75, 3.05) is 19.6 Å². The molecule has 4 N–H and O–H groups in total. The molecule has 1 atom stereocenters. The number of aromatic nitrogens is 2. The maximum absolute atomic E-state index is 11.2. The van der Waals surface area contributed by atoms with Crippen molar-refractivity contribution in [1.82, 2.24) is 20.2 Å². The molecule has 1 aromatic carbocycles.